The van der Waals surface area contributed by atoms with Crippen LogP contribution in [0.4, 0.5) is 0 Å². The highest BCUT2D eigenvalue weighted by atomic mass is 16.5. The number of rotatable bonds is 4. The lowest BCUT2D eigenvalue weighted by Crippen LogP contribution is -2.37. The van der Waals surface area contributed by atoms with E-state index < -0.39 is 5.97 Å². The van der Waals surface area contributed by atoms with Gasteiger partial charge in [0.05, 0.1) is 25.6 Å². The molecule has 0 amide bonds. The Morgan fingerprint density at radius 3 is 3.11 bits per heavy atom. The van der Waals surface area contributed by atoms with Gasteiger partial charge in [-0.3, -0.25) is 0 Å². The lowest BCUT2D eigenvalue weighted by atomic mass is 9.95. The Labute approximate surface area is 105 Å². The molecule has 2 fully saturated rings. The van der Waals surface area contributed by atoms with Gasteiger partial charge in [-0.25, -0.2) is 4.79 Å². The monoisotopic (exact) mass is 251 g/mol. The molecule has 5 nitrogen and oxygen atoms in total. The molecule has 2 aliphatic heterocycles. The van der Waals surface area contributed by atoms with Gasteiger partial charge < -0.3 is 19.2 Å². The van der Waals surface area contributed by atoms with Gasteiger partial charge in [0, 0.05) is 18.2 Å². The quantitative estimate of drug-likeness (QED) is 0.821. The number of esters is 1. The van der Waals surface area contributed by atoms with Gasteiger partial charge in [0.1, 0.15) is 0 Å². The Balaban J connectivity index is 1.60. The molecule has 98 valence electrons. The van der Waals surface area contributed by atoms with E-state index in [4.69, 9.17) is 9.15 Å². The van der Waals surface area contributed by atoms with Crippen molar-refractivity contribution in [2.24, 2.45) is 0 Å². The van der Waals surface area contributed by atoms with Crippen molar-refractivity contribution in [3.63, 3.8) is 0 Å². The first-order valence-electron chi connectivity index (χ1n) is 6.31. The van der Waals surface area contributed by atoms with E-state index in [-0.39, 0.29) is 5.76 Å². The lowest BCUT2D eigenvalue weighted by molar-refractivity contribution is 0.0563. The summed E-state index contributed by atoms with van der Waals surface area (Å²) in [5.74, 6) is -0.143. The SMILES string of the molecule is COC(=O)c1occc1CNC1CC2CCC1O2. The minimum Gasteiger partial charge on any atom is -0.463 e. The summed E-state index contributed by atoms with van der Waals surface area (Å²) in [6.07, 6.45) is 5.66. The topological polar surface area (TPSA) is 60.7 Å². The number of fused-ring (bicyclic) bond motifs is 2. The second kappa shape index (κ2) is 4.74. The molecule has 0 saturated carbocycles. The molecule has 3 atom stereocenters. The first kappa shape index (κ1) is 11.7. The van der Waals surface area contributed by atoms with Gasteiger partial charge in [-0.1, -0.05) is 0 Å². The summed E-state index contributed by atoms with van der Waals surface area (Å²) in [5.41, 5.74) is 0.838. The van der Waals surface area contributed by atoms with Gasteiger partial charge in [0.25, 0.3) is 0 Å². The average Bonchev–Trinajstić information content (AvgIpc) is 3.10. The molecule has 5 heteroatoms. The van der Waals surface area contributed by atoms with Crippen LogP contribution in [0.5, 0.6) is 0 Å². The van der Waals surface area contributed by atoms with E-state index in [9.17, 15) is 4.79 Å². The molecule has 0 radical (unpaired) electrons. The summed E-state index contributed by atoms with van der Waals surface area (Å²) in [6, 6.07) is 2.19. The molecule has 3 heterocycles. The Hall–Kier alpha value is -1.33. The fraction of sp³-hybridized carbons (Fsp3) is 0.615. The summed E-state index contributed by atoms with van der Waals surface area (Å²) in [6.45, 7) is 0.609. The number of nitrogens with one attached hydrogen (secondary N) is 1. The van der Waals surface area contributed by atoms with Crippen LogP contribution >= 0.6 is 0 Å². The molecule has 1 aromatic heterocycles. The Bertz CT molecular complexity index is 442. The maximum Gasteiger partial charge on any atom is 0.374 e. The van der Waals surface area contributed by atoms with Crippen LogP contribution in [0, 0.1) is 0 Å². The molecule has 2 bridgehead atoms. The molecular formula is C13H17NO4. The molecule has 2 aliphatic rings. The third-order valence-corrected chi connectivity index (χ3v) is 3.78. The molecule has 3 unspecified atom stereocenters. The van der Waals surface area contributed by atoms with Crippen molar-refractivity contribution < 1.29 is 18.7 Å². The summed E-state index contributed by atoms with van der Waals surface area (Å²) in [5, 5.41) is 3.44. The zero-order chi connectivity index (χ0) is 12.5. The molecule has 0 spiro atoms. The minimum absolute atomic E-state index is 0.286. The fourth-order valence-electron chi connectivity index (χ4n) is 2.84. The summed E-state index contributed by atoms with van der Waals surface area (Å²) >= 11 is 0. The van der Waals surface area contributed by atoms with Crippen LogP contribution in [0.15, 0.2) is 16.7 Å². The Morgan fingerprint density at radius 2 is 2.44 bits per heavy atom. The summed E-state index contributed by atoms with van der Waals surface area (Å²) in [7, 11) is 1.35. The predicted molar refractivity (Wildman–Crippen MR) is 63.2 cm³/mol. The number of furan rings is 1. The largest absolute Gasteiger partial charge is 0.463 e. The molecule has 18 heavy (non-hydrogen) atoms. The third kappa shape index (κ3) is 2.04. The highest BCUT2D eigenvalue weighted by Crippen LogP contribution is 2.34. The normalized spacial score (nSPS) is 29.7. The minimum atomic E-state index is -0.430. The predicted octanol–water partition coefficient (Wildman–Crippen LogP) is 1.48. The highest BCUT2D eigenvalue weighted by Gasteiger charge is 2.40. The van der Waals surface area contributed by atoms with Crippen molar-refractivity contribution in [1.29, 1.82) is 0 Å². The number of carbonyl (C=O) groups is 1. The van der Waals surface area contributed by atoms with Crippen LogP contribution in [0.3, 0.4) is 0 Å². The number of ether oxygens (including phenoxy) is 2. The number of hydrogen-bond acceptors (Lipinski definition) is 5. The van der Waals surface area contributed by atoms with E-state index in [2.05, 4.69) is 10.1 Å². The van der Waals surface area contributed by atoms with Gasteiger partial charge >= 0.3 is 5.97 Å². The van der Waals surface area contributed by atoms with E-state index in [0.717, 1.165) is 18.4 Å². The molecule has 2 saturated heterocycles. The molecule has 1 N–H and O–H groups in total. The van der Waals surface area contributed by atoms with Gasteiger partial charge in [0.15, 0.2) is 0 Å². The van der Waals surface area contributed by atoms with E-state index in [1.165, 1.54) is 19.8 Å². The fourth-order valence-corrected chi connectivity index (χ4v) is 2.84. The van der Waals surface area contributed by atoms with Crippen LogP contribution in [-0.4, -0.2) is 31.3 Å². The Morgan fingerprint density at radius 1 is 1.56 bits per heavy atom. The molecule has 0 aliphatic carbocycles. The van der Waals surface area contributed by atoms with E-state index in [0.29, 0.717) is 24.8 Å². The smallest absolute Gasteiger partial charge is 0.374 e. The Kier molecular flexibility index (Phi) is 3.09. The maximum absolute atomic E-state index is 11.5. The number of hydrogen-bond donors (Lipinski definition) is 1. The highest BCUT2D eigenvalue weighted by molar-refractivity contribution is 5.87. The molecular weight excluding hydrogens is 234 g/mol. The second-order valence-electron chi connectivity index (χ2n) is 4.86. The number of methoxy groups -OCH3 is 1. The summed E-state index contributed by atoms with van der Waals surface area (Å²) < 4.78 is 15.6. The van der Waals surface area contributed by atoms with Gasteiger partial charge in [-0.2, -0.15) is 0 Å². The van der Waals surface area contributed by atoms with Crippen LogP contribution in [0.2, 0.25) is 0 Å². The third-order valence-electron chi connectivity index (χ3n) is 3.78. The average molecular weight is 251 g/mol. The van der Waals surface area contributed by atoms with Gasteiger partial charge in [-0.05, 0) is 25.3 Å². The van der Waals surface area contributed by atoms with E-state index in [1.807, 2.05) is 0 Å². The van der Waals surface area contributed by atoms with Gasteiger partial charge in [-0.15, -0.1) is 0 Å². The van der Waals surface area contributed by atoms with Crippen molar-refractivity contribution in [1.82, 2.24) is 5.32 Å². The van der Waals surface area contributed by atoms with Crippen LogP contribution < -0.4 is 5.32 Å². The molecule has 0 aromatic carbocycles. The van der Waals surface area contributed by atoms with Crippen LogP contribution in [-0.2, 0) is 16.0 Å². The van der Waals surface area contributed by atoms with Crippen molar-refractivity contribution in [3.05, 3.63) is 23.7 Å². The van der Waals surface area contributed by atoms with Crippen molar-refractivity contribution in [2.75, 3.05) is 7.11 Å². The standard InChI is InChI=1S/C13H17NO4/c1-16-13(15)12-8(4-5-17-12)7-14-10-6-9-2-3-11(10)18-9/h4-5,9-11,14H,2-3,6-7H2,1H3. The maximum atomic E-state index is 11.5. The first-order chi connectivity index (χ1) is 8.78. The lowest BCUT2D eigenvalue weighted by Gasteiger charge is -2.19. The van der Waals surface area contributed by atoms with Crippen LogP contribution in [0.25, 0.3) is 0 Å². The van der Waals surface area contributed by atoms with E-state index in [1.54, 1.807) is 6.07 Å². The zero-order valence-electron chi connectivity index (χ0n) is 10.3. The van der Waals surface area contributed by atoms with Crippen LogP contribution in [0.1, 0.15) is 35.4 Å². The zero-order valence-corrected chi connectivity index (χ0v) is 10.3. The first-order valence-corrected chi connectivity index (χ1v) is 6.31. The van der Waals surface area contributed by atoms with Crippen molar-refractivity contribution in [3.8, 4) is 0 Å². The summed E-state index contributed by atoms with van der Waals surface area (Å²) in [4.78, 5) is 11.5. The van der Waals surface area contributed by atoms with Crippen molar-refractivity contribution in [2.45, 2.75) is 44.1 Å². The molecule has 3 rings (SSSR count). The van der Waals surface area contributed by atoms with E-state index >= 15 is 0 Å². The second-order valence-corrected chi connectivity index (χ2v) is 4.86. The van der Waals surface area contributed by atoms with Crippen molar-refractivity contribution >= 4 is 5.97 Å². The number of carbonyl (C=O) groups excluding carboxylic acids is 1. The molecule has 1 aromatic rings. The van der Waals surface area contributed by atoms with Gasteiger partial charge in [0.2, 0.25) is 5.76 Å².